The van der Waals surface area contributed by atoms with E-state index < -0.39 is 5.41 Å². The minimum Gasteiger partial charge on any atom is -0.378 e. The molecule has 2 N–H and O–H groups in total. The van der Waals surface area contributed by atoms with Gasteiger partial charge in [0.25, 0.3) is 0 Å². The molecular formula is C16H23ClN2O. The van der Waals surface area contributed by atoms with Gasteiger partial charge in [-0.05, 0) is 30.5 Å². The van der Waals surface area contributed by atoms with Gasteiger partial charge in [-0.2, -0.15) is 0 Å². The maximum Gasteiger partial charge on any atom is 0.228 e. The van der Waals surface area contributed by atoms with Crippen molar-refractivity contribution >= 4 is 24.0 Å². The van der Waals surface area contributed by atoms with Crippen LogP contribution in [0.2, 0.25) is 0 Å². The minimum atomic E-state index is -0.742. The van der Waals surface area contributed by atoms with E-state index in [4.69, 9.17) is 5.73 Å². The number of allylic oxidation sites excluding steroid dienone is 2. The topological polar surface area (TPSA) is 46.3 Å². The van der Waals surface area contributed by atoms with Crippen molar-refractivity contribution in [2.24, 2.45) is 5.73 Å². The lowest BCUT2D eigenvalue weighted by atomic mass is 9.74. The zero-order valence-electron chi connectivity index (χ0n) is 12.1. The smallest absolute Gasteiger partial charge is 0.228 e. The van der Waals surface area contributed by atoms with Crippen LogP contribution in [0.25, 0.3) is 0 Å². The average molecular weight is 295 g/mol. The molecule has 110 valence electrons. The predicted molar refractivity (Wildman–Crippen MR) is 88.5 cm³/mol. The van der Waals surface area contributed by atoms with E-state index in [1.54, 1.807) is 12.2 Å². The first-order valence-corrected chi connectivity index (χ1v) is 6.27. The van der Waals surface area contributed by atoms with Crippen LogP contribution in [0, 0.1) is 0 Å². The van der Waals surface area contributed by atoms with Crippen molar-refractivity contribution in [1.29, 1.82) is 0 Å². The van der Waals surface area contributed by atoms with E-state index in [0.717, 1.165) is 11.3 Å². The van der Waals surface area contributed by atoms with E-state index in [2.05, 4.69) is 13.2 Å². The standard InChI is InChI=1S/C16H22N2O.ClH/c1-5-11-16(12-6-2,15(17)19)13-7-9-14(10-8-13)18(3)4;/h5-10H,1-2,11-12H2,3-4H3,(H2,17,19);1H. The van der Waals surface area contributed by atoms with Crippen molar-refractivity contribution in [2.75, 3.05) is 19.0 Å². The molecule has 3 nitrogen and oxygen atoms in total. The first kappa shape index (κ1) is 18.3. The molecule has 0 aliphatic heterocycles. The highest BCUT2D eigenvalue weighted by molar-refractivity contribution is 5.87. The normalized spacial score (nSPS) is 10.3. The van der Waals surface area contributed by atoms with Gasteiger partial charge < -0.3 is 10.6 Å². The molecule has 20 heavy (non-hydrogen) atoms. The fourth-order valence-corrected chi connectivity index (χ4v) is 2.23. The summed E-state index contributed by atoms with van der Waals surface area (Å²) in [6.45, 7) is 7.46. The van der Waals surface area contributed by atoms with Gasteiger partial charge in [-0.1, -0.05) is 24.3 Å². The molecule has 0 aliphatic rings. The lowest BCUT2D eigenvalue weighted by Gasteiger charge is -2.29. The van der Waals surface area contributed by atoms with Gasteiger partial charge >= 0.3 is 0 Å². The second-order valence-corrected chi connectivity index (χ2v) is 4.87. The van der Waals surface area contributed by atoms with Gasteiger partial charge in [-0.15, -0.1) is 25.6 Å². The van der Waals surface area contributed by atoms with Crippen molar-refractivity contribution < 1.29 is 4.79 Å². The van der Waals surface area contributed by atoms with E-state index in [9.17, 15) is 4.79 Å². The number of carbonyl (C=O) groups is 1. The van der Waals surface area contributed by atoms with Crippen LogP contribution in [0.15, 0.2) is 49.6 Å². The van der Waals surface area contributed by atoms with Crippen LogP contribution in [0.3, 0.4) is 0 Å². The van der Waals surface area contributed by atoms with Gasteiger partial charge in [-0.3, -0.25) is 4.79 Å². The van der Waals surface area contributed by atoms with Gasteiger partial charge in [0.15, 0.2) is 0 Å². The molecule has 0 bridgehead atoms. The highest BCUT2D eigenvalue weighted by Crippen LogP contribution is 2.33. The third-order valence-corrected chi connectivity index (χ3v) is 3.39. The van der Waals surface area contributed by atoms with E-state index in [1.165, 1.54) is 0 Å². The minimum absolute atomic E-state index is 0. The molecule has 0 fully saturated rings. The Morgan fingerprint density at radius 1 is 1.20 bits per heavy atom. The molecule has 0 saturated carbocycles. The predicted octanol–water partition coefficient (Wildman–Crippen LogP) is 3.05. The number of rotatable bonds is 7. The molecule has 0 spiro atoms. The monoisotopic (exact) mass is 294 g/mol. The van der Waals surface area contributed by atoms with Crippen LogP contribution in [-0.2, 0) is 10.2 Å². The average Bonchev–Trinajstić information content (AvgIpc) is 2.38. The Balaban J connectivity index is 0.00000361. The highest BCUT2D eigenvalue weighted by Gasteiger charge is 2.36. The number of anilines is 1. The fourth-order valence-electron chi connectivity index (χ4n) is 2.23. The Kier molecular flexibility index (Phi) is 7.08. The number of nitrogens with two attached hydrogens (primary N) is 1. The summed E-state index contributed by atoms with van der Waals surface area (Å²) in [5.41, 5.74) is 6.88. The summed E-state index contributed by atoms with van der Waals surface area (Å²) in [5.74, 6) is -0.343. The number of carbonyl (C=O) groups excluding carboxylic acids is 1. The second-order valence-electron chi connectivity index (χ2n) is 4.87. The zero-order chi connectivity index (χ0) is 14.5. The highest BCUT2D eigenvalue weighted by atomic mass is 35.5. The first-order valence-electron chi connectivity index (χ1n) is 6.27. The SMILES string of the molecule is C=CCC(CC=C)(C(N)=O)c1ccc(N(C)C)cc1.Cl. The summed E-state index contributed by atoms with van der Waals surface area (Å²) >= 11 is 0. The van der Waals surface area contributed by atoms with E-state index in [0.29, 0.717) is 12.8 Å². The molecule has 0 aliphatic carbocycles. The number of primary amides is 1. The third kappa shape index (κ3) is 3.64. The van der Waals surface area contributed by atoms with Gasteiger partial charge in [0.05, 0.1) is 5.41 Å². The van der Waals surface area contributed by atoms with Crippen molar-refractivity contribution in [1.82, 2.24) is 0 Å². The third-order valence-electron chi connectivity index (χ3n) is 3.39. The van der Waals surface area contributed by atoms with Crippen LogP contribution >= 0.6 is 12.4 Å². The molecule has 0 saturated heterocycles. The lowest BCUT2D eigenvalue weighted by Crippen LogP contribution is -2.40. The summed E-state index contributed by atoms with van der Waals surface area (Å²) in [7, 11) is 3.95. The zero-order valence-corrected chi connectivity index (χ0v) is 13.0. The summed E-state index contributed by atoms with van der Waals surface area (Å²) in [4.78, 5) is 13.9. The van der Waals surface area contributed by atoms with E-state index in [-0.39, 0.29) is 18.3 Å². The molecule has 0 aromatic heterocycles. The molecule has 0 radical (unpaired) electrons. The van der Waals surface area contributed by atoms with Crippen LogP contribution in [0.1, 0.15) is 18.4 Å². The van der Waals surface area contributed by atoms with Gasteiger partial charge in [0, 0.05) is 19.8 Å². The molecule has 1 amide bonds. The number of benzene rings is 1. The lowest BCUT2D eigenvalue weighted by molar-refractivity contribution is -0.123. The number of hydrogen-bond acceptors (Lipinski definition) is 2. The molecule has 1 aromatic carbocycles. The largest absolute Gasteiger partial charge is 0.378 e. The first-order chi connectivity index (χ1) is 8.97. The Labute approximate surface area is 127 Å². The van der Waals surface area contributed by atoms with Crippen molar-refractivity contribution in [3.63, 3.8) is 0 Å². The van der Waals surface area contributed by atoms with Gasteiger partial charge in [0.2, 0.25) is 5.91 Å². The van der Waals surface area contributed by atoms with Crippen LogP contribution < -0.4 is 10.6 Å². The number of nitrogens with zero attached hydrogens (tertiary/aromatic N) is 1. The van der Waals surface area contributed by atoms with Gasteiger partial charge in [-0.25, -0.2) is 0 Å². The molecule has 0 heterocycles. The summed E-state index contributed by atoms with van der Waals surface area (Å²) in [6.07, 6.45) is 4.48. The number of halogens is 1. The maximum absolute atomic E-state index is 11.9. The quantitative estimate of drug-likeness (QED) is 0.786. The molecule has 1 aromatic rings. The molecular weight excluding hydrogens is 272 g/mol. The molecule has 0 atom stereocenters. The molecule has 4 heteroatoms. The summed E-state index contributed by atoms with van der Waals surface area (Å²) in [6, 6.07) is 7.87. The van der Waals surface area contributed by atoms with E-state index >= 15 is 0 Å². The second kappa shape index (κ2) is 7.75. The maximum atomic E-state index is 11.9. The Bertz CT molecular complexity index is 456. The number of amides is 1. The van der Waals surface area contributed by atoms with Crippen LogP contribution in [0.5, 0.6) is 0 Å². The number of hydrogen-bond donors (Lipinski definition) is 1. The fraction of sp³-hybridized carbons (Fsp3) is 0.312. The molecule has 1 rings (SSSR count). The van der Waals surface area contributed by atoms with Crippen molar-refractivity contribution in [3.8, 4) is 0 Å². The Morgan fingerprint density at radius 3 is 1.95 bits per heavy atom. The Morgan fingerprint density at radius 2 is 1.65 bits per heavy atom. The molecule has 0 unspecified atom stereocenters. The Hall–Kier alpha value is -1.74. The van der Waals surface area contributed by atoms with E-state index in [1.807, 2.05) is 43.3 Å². The van der Waals surface area contributed by atoms with Crippen LogP contribution in [0.4, 0.5) is 5.69 Å². The van der Waals surface area contributed by atoms with Gasteiger partial charge in [0.1, 0.15) is 0 Å². The summed E-state index contributed by atoms with van der Waals surface area (Å²) in [5, 5.41) is 0. The van der Waals surface area contributed by atoms with Crippen molar-refractivity contribution in [2.45, 2.75) is 18.3 Å². The summed E-state index contributed by atoms with van der Waals surface area (Å²) < 4.78 is 0. The van der Waals surface area contributed by atoms with Crippen molar-refractivity contribution in [3.05, 3.63) is 55.1 Å². The van der Waals surface area contributed by atoms with Crippen LogP contribution in [-0.4, -0.2) is 20.0 Å².